The standard InChI is InChI=1S/C21H20N4O2S/c1-12-5-7-17(9-14(12)3)25-21(22-23-24-25)28-11-16-10-19(26)27-20-15(4)13(2)6-8-18(16)20/h5-10H,11H2,1-4H3. The van der Waals surface area contributed by atoms with Gasteiger partial charge in [-0.25, -0.2) is 4.79 Å². The molecule has 142 valence electrons. The van der Waals surface area contributed by atoms with Gasteiger partial charge < -0.3 is 4.42 Å². The van der Waals surface area contributed by atoms with E-state index < -0.39 is 0 Å². The van der Waals surface area contributed by atoms with Crippen molar-refractivity contribution in [3.63, 3.8) is 0 Å². The maximum absolute atomic E-state index is 12.1. The minimum absolute atomic E-state index is 0.342. The normalized spacial score (nSPS) is 11.3. The summed E-state index contributed by atoms with van der Waals surface area (Å²) in [6, 6.07) is 11.7. The Morgan fingerprint density at radius 1 is 1.00 bits per heavy atom. The van der Waals surface area contributed by atoms with Gasteiger partial charge >= 0.3 is 5.63 Å². The maximum Gasteiger partial charge on any atom is 0.336 e. The van der Waals surface area contributed by atoms with E-state index in [9.17, 15) is 4.79 Å². The van der Waals surface area contributed by atoms with E-state index in [4.69, 9.17) is 4.42 Å². The number of benzene rings is 2. The number of thioether (sulfide) groups is 1. The largest absolute Gasteiger partial charge is 0.422 e. The second-order valence-corrected chi connectivity index (χ2v) is 7.85. The molecule has 28 heavy (non-hydrogen) atoms. The molecule has 0 saturated heterocycles. The molecule has 0 aliphatic carbocycles. The minimum Gasteiger partial charge on any atom is -0.422 e. The Labute approximate surface area is 166 Å². The first-order chi connectivity index (χ1) is 13.4. The Bertz CT molecular complexity index is 1240. The second-order valence-electron chi connectivity index (χ2n) is 6.91. The highest BCUT2D eigenvalue weighted by Crippen LogP contribution is 2.28. The van der Waals surface area contributed by atoms with Crippen molar-refractivity contribution in [3.05, 3.63) is 74.6 Å². The fourth-order valence-electron chi connectivity index (χ4n) is 3.07. The van der Waals surface area contributed by atoms with Gasteiger partial charge in [-0.2, -0.15) is 4.68 Å². The number of nitrogens with zero attached hydrogens (tertiary/aromatic N) is 4. The van der Waals surface area contributed by atoms with E-state index in [1.807, 2.05) is 32.0 Å². The molecule has 0 unspecified atom stereocenters. The average Bonchev–Trinajstić information content (AvgIpc) is 3.14. The van der Waals surface area contributed by atoms with Gasteiger partial charge in [-0.05, 0) is 78.1 Å². The number of tetrazole rings is 1. The molecule has 0 saturated carbocycles. The van der Waals surface area contributed by atoms with Gasteiger partial charge in [-0.3, -0.25) is 0 Å². The minimum atomic E-state index is -0.342. The maximum atomic E-state index is 12.1. The van der Waals surface area contributed by atoms with E-state index in [0.717, 1.165) is 27.8 Å². The zero-order valence-corrected chi connectivity index (χ0v) is 17.0. The Morgan fingerprint density at radius 2 is 1.79 bits per heavy atom. The summed E-state index contributed by atoms with van der Waals surface area (Å²) in [6.07, 6.45) is 0. The summed E-state index contributed by atoms with van der Waals surface area (Å²) >= 11 is 1.49. The Morgan fingerprint density at radius 3 is 2.57 bits per heavy atom. The topological polar surface area (TPSA) is 73.8 Å². The van der Waals surface area contributed by atoms with Crippen molar-refractivity contribution in [2.45, 2.75) is 38.6 Å². The molecule has 0 aliphatic rings. The van der Waals surface area contributed by atoms with Crippen molar-refractivity contribution in [1.29, 1.82) is 0 Å². The summed E-state index contributed by atoms with van der Waals surface area (Å²) in [5.74, 6) is 0.565. The van der Waals surface area contributed by atoms with Crippen LogP contribution in [-0.4, -0.2) is 20.2 Å². The van der Waals surface area contributed by atoms with Crippen molar-refractivity contribution < 1.29 is 4.42 Å². The predicted octanol–water partition coefficient (Wildman–Crippen LogP) is 4.29. The summed E-state index contributed by atoms with van der Waals surface area (Å²) in [5, 5.41) is 13.7. The van der Waals surface area contributed by atoms with Crippen LogP contribution < -0.4 is 5.63 Å². The van der Waals surface area contributed by atoms with E-state index in [0.29, 0.717) is 16.5 Å². The van der Waals surface area contributed by atoms with E-state index in [1.165, 1.54) is 22.9 Å². The molecule has 2 aromatic heterocycles. The predicted molar refractivity (Wildman–Crippen MR) is 110 cm³/mol. The van der Waals surface area contributed by atoms with Crippen LogP contribution in [0.5, 0.6) is 0 Å². The quantitative estimate of drug-likeness (QED) is 0.381. The lowest BCUT2D eigenvalue weighted by molar-refractivity contribution is 0.557. The van der Waals surface area contributed by atoms with Crippen LogP contribution in [0.1, 0.15) is 27.8 Å². The van der Waals surface area contributed by atoms with Gasteiger partial charge in [0.1, 0.15) is 5.58 Å². The van der Waals surface area contributed by atoms with Crippen molar-refractivity contribution in [2.24, 2.45) is 0 Å². The third kappa shape index (κ3) is 3.33. The summed E-state index contributed by atoms with van der Waals surface area (Å²) in [5.41, 5.74) is 6.62. The molecule has 7 heteroatoms. The van der Waals surface area contributed by atoms with E-state index in [1.54, 1.807) is 10.7 Å². The summed E-state index contributed by atoms with van der Waals surface area (Å²) in [7, 11) is 0. The van der Waals surface area contributed by atoms with Gasteiger partial charge in [-0.1, -0.05) is 30.0 Å². The van der Waals surface area contributed by atoms with E-state index in [-0.39, 0.29) is 5.63 Å². The first-order valence-corrected chi connectivity index (χ1v) is 9.94. The molecule has 0 N–H and O–H groups in total. The zero-order chi connectivity index (χ0) is 19.8. The highest BCUT2D eigenvalue weighted by atomic mass is 32.2. The van der Waals surface area contributed by atoms with Crippen LogP contribution in [-0.2, 0) is 5.75 Å². The van der Waals surface area contributed by atoms with Crippen molar-refractivity contribution in [3.8, 4) is 5.69 Å². The molecular formula is C21H20N4O2S. The molecule has 0 fully saturated rings. The Balaban J connectivity index is 1.68. The summed E-state index contributed by atoms with van der Waals surface area (Å²) in [4.78, 5) is 12.1. The molecule has 4 rings (SSSR count). The molecule has 0 atom stereocenters. The van der Waals surface area contributed by atoms with Crippen LogP contribution in [0.2, 0.25) is 0 Å². The number of hydrogen-bond acceptors (Lipinski definition) is 6. The van der Waals surface area contributed by atoms with Crippen LogP contribution in [0.3, 0.4) is 0 Å². The summed E-state index contributed by atoms with van der Waals surface area (Å²) in [6.45, 7) is 8.12. The number of hydrogen-bond donors (Lipinski definition) is 0. The van der Waals surface area contributed by atoms with Gasteiger partial charge in [0.05, 0.1) is 5.69 Å². The highest BCUT2D eigenvalue weighted by Gasteiger charge is 2.13. The molecule has 2 heterocycles. The molecule has 2 aromatic carbocycles. The molecule has 0 bridgehead atoms. The Kier molecular flexibility index (Phi) is 4.77. The number of aromatic nitrogens is 4. The van der Waals surface area contributed by atoms with Gasteiger partial charge in [0.2, 0.25) is 5.16 Å². The molecule has 0 amide bonds. The van der Waals surface area contributed by atoms with Crippen LogP contribution in [0.4, 0.5) is 0 Å². The van der Waals surface area contributed by atoms with Crippen molar-refractivity contribution in [2.75, 3.05) is 0 Å². The lowest BCUT2D eigenvalue weighted by Crippen LogP contribution is -2.03. The smallest absolute Gasteiger partial charge is 0.336 e. The fourth-order valence-corrected chi connectivity index (χ4v) is 3.96. The number of rotatable bonds is 4. The third-order valence-corrected chi connectivity index (χ3v) is 6.02. The molecule has 0 spiro atoms. The van der Waals surface area contributed by atoms with Crippen molar-refractivity contribution >= 4 is 22.7 Å². The molecular weight excluding hydrogens is 372 g/mol. The third-order valence-electron chi connectivity index (χ3n) is 5.05. The fraction of sp³-hybridized carbons (Fsp3) is 0.238. The molecule has 0 radical (unpaired) electrons. The first-order valence-electron chi connectivity index (χ1n) is 8.96. The second kappa shape index (κ2) is 7.24. The van der Waals surface area contributed by atoms with Crippen LogP contribution in [0, 0.1) is 27.7 Å². The van der Waals surface area contributed by atoms with Gasteiger partial charge in [0.25, 0.3) is 0 Å². The number of fused-ring (bicyclic) bond motifs is 1. The highest BCUT2D eigenvalue weighted by molar-refractivity contribution is 7.98. The average molecular weight is 392 g/mol. The van der Waals surface area contributed by atoms with Crippen LogP contribution >= 0.6 is 11.8 Å². The molecule has 4 aromatic rings. The van der Waals surface area contributed by atoms with Gasteiger partial charge in [0.15, 0.2) is 0 Å². The van der Waals surface area contributed by atoms with E-state index in [2.05, 4.69) is 41.5 Å². The first kappa shape index (κ1) is 18.4. The van der Waals surface area contributed by atoms with E-state index >= 15 is 0 Å². The number of aryl methyl sites for hydroxylation is 4. The Hall–Kier alpha value is -2.93. The monoisotopic (exact) mass is 392 g/mol. The lowest BCUT2D eigenvalue weighted by atomic mass is 10.0. The zero-order valence-electron chi connectivity index (χ0n) is 16.2. The van der Waals surface area contributed by atoms with Crippen LogP contribution in [0.25, 0.3) is 16.7 Å². The summed E-state index contributed by atoms with van der Waals surface area (Å²) < 4.78 is 7.18. The molecule has 6 nitrogen and oxygen atoms in total. The van der Waals surface area contributed by atoms with Crippen molar-refractivity contribution in [1.82, 2.24) is 20.2 Å². The van der Waals surface area contributed by atoms with Gasteiger partial charge in [-0.15, -0.1) is 5.10 Å². The molecule has 0 aliphatic heterocycles. The lowest BCUT2D eigenvalue weighted by Gasteiger charge is -2.09. The SMILES string of the molecule is Cc1ccc(-n2nnnc2SCc2cc(=O)oc3c(C)c(C)ccc23)cc1C. The van der Waals surface area contributed by atoms with Gasteiger partial charge in [0, 0.05) is 17.2 Å². The van der Waals surface area contributed by atoms with Crippen LogP contribution in [0.15, 0.2) is 50.8 Å².